The standard InChI is InChI=1S/C14H19NO2S/c1-2-4-13(14-5-3-8-18-14)15-9-11-6-7-12(10-16)17-11/h3,5-8,13,15-16H,2,4,9-10H2,1H3. The summed E-state index contributed by atoms with van der Waals surface area (Å²) in [4.78, 5) is 1.37. The highest BCUT2D eigenvalue weighted by molar-refractivity contribution is 7.10. The van der Waals surface area contributed by atoms with Gasteiger partial charge in [-0.05, 0) is 30.0 Å². The summed E-state index contributed by atoms with van der Waals surface area (Å²) in [6, 6.07) is 8.37. The Kier molecular flexibility index (Phi) is 4.99. The van der Waals surface area contributed by atoms with Crippen molar-refractivity contribution in [1.82, 2.24) is 5.32 Å². The summed E-state index contributed by atoms with van der Waals surface area (Å²) in [6.07, 6.45) is 2.27. The lowest BCUT2D eigenvalue weighted by Crippen LogP contribution is -2.19. The molecule has 0 aromatic carbocycles. The minimum Gasteiger partial charge on any atom is -0.462 e. The molecule has 3 nitrogen and oxygen atoms in total. The monoisotopic (exact) mass is 265 g/mol. The molecule has 1 unspecified atom stereocenters. The van der Waals surface area contributed by atoms with Gasteiger partial charge in [0, 0.05) is 10.9 Å². The lowest BCUT2D eigenvalue weighted by Gasteiger charge is -2.15. The van der Waals surface area contributed by atoms with Crippen molar-refractivity contribution < 1.29 is 9.52 Å². The number of aliphatic hydroxyl groups excluding tert-OH is 1. The van der Waals surface area contributed by atoms with Crippen LogP contribution in [0.4, 0.5) is 0 Å². The highest BCUT2D eigenvalue weighted by Crippen LogP contribution is 2.23. The van der Waals surface area contributed by atoms with E-state index in [-0.39, 0.29) is 6.61 Å². The minimum absolute atomic E-state index is 0.0384. The predicted octanol–water partition coefficient (Wildman–Crippen LogP) is 3.46. The van der Waals surface area contributed by atoms with Gasteiger partial charge in [0.15, 0.2) is 0 Å². The fourth-order valence-corrected chi connectivity index (χ4v) is 2.79. The zero-order chi connectivity index (χ0) is 12.8. The predicted molar refractivity (Wildman–Crippen MR) is 73.4 cm³/mol. The van der Waals surface area contributed by atoms with Crippen LogP contribution in [-0.4, -0.2) is 5.11 Å². The molecule has 1 atom stereocenters. The Morgan fingerprint density at radius 2 is 2.17 bits per heavy atom. The largest absolute Gasteiger partial charge is 0.462 e. The number of aliphatic hydroxyl groups is 1. The molecule has 0 saturated carbocycles. The van der Waals surface area contributed by atoms with Crippen LogP contribution in [0.2, 0.25) is 0 Å². The van der Waals surface area contributed by atoms with Crippen molar-refractivity contribution in [2.24, 2.45) is 0 Å². The first-order valence-corrected chi connectivity index (χ1v) is 7.16. The van der Waals surface area contributed by atoms with Gasteiger partial charge in [-0.25, -0.2) is 0 Å². The maximum Gasteiger partial charge on any atom is 0.129 e. The Labute approximate surface area is 111 Å². The van der Waals surface area contributed by atoms with E-state index in [1.807, 2.05) is 12.1 Å². The van der Waals surface area contributed by atoms with Gasteiger partial charge in [-0.15, -0.1) is 11.3 Å². The Balaban J connectivity index is 1.93. The smallest absolute Gasteiger partial charge is 0.129 e. The van der Waals surface area contributed by atoms with Crippen LogP contribution < -0.4 is 5.32 Å². The van der Waals surface area contributed by atoms with Gasteiger partial charge in [-0.1, -0.05) is 19.4 Å². The van der Waals surface area contributed by atoms with Gasteiger partial charge in [0.05, 0.1) is 6.54 Å². The van der Waals surface area contributed by atoms with Crippen LogP contribution in [0, 0.1) is 0 Å². The Bertz CT molecular complexity index is 450. The molecule has 2 rings (SSSR count). The molecular weight excluding hydrogens is 246 g/mol. The Morgan fingerprint density at radius 1 is 1.33 bits per heavy atom. The van der Waals surface area contributed by atoms with Crippen molar-refractivity contribution >= 4 is 11.3 Å². The van der Waals surface area contributed by atoms with Gasteiger partial charge in [-0.2, -0.15) is 0 Å². The van der Waals surface area contributed by atoms with Crippen molar-refractivity contribution in [3.05, 3.63) is 46.0 Å². The molecule has 0 aliphatic heterocycles. The van der Waals surface area contributed by atoms with Gasteiger partial charge in [-0.3, -0.25) is 0 Å². The zero-order valence-electron chi connectivity index (χ0n) is 10.6. The number of thiophene rings is 1. The first kappa shape index (κ1) is 13.3. The highest BCUT2D eigenvalue weighted by atomic mass is 32.1. The second-order valence-electron chi connectivity index (χ2n) is 4.26. The van der Waals surface area contributed by atoms with Crippen LogP contribution in [0.5, 0.6) is 0 Å². The zero-order valence-corrected chi connectivity index (χ0v) is 11.4. The first-order valence-electron chi connectivity index (χ1n) is 6.28. The van der Waals surface area contributed by atoms with Crippen molar-refractivity contribution in [2.45, 2.75) is 39.0 Å². The van der Waals surface area contributed by atoms with E-state index in [2.05, 4.69) is 29.8 Å². The quantitative estimate of drug-likeness (QED) is 0.806. The van der Waals surface area contributed by atoms with Gasteiger partial charge in [0.2, 0.25) is 0 Å². The molecule has 0 spiro atoms. The Hall–Kier alpha value is -1.10. The molecule has 0 aliphatic carbocycles. The third kappa shape index (κ3) is 3.45. The summed E-state index contributed by atoms with van der Waals surface area (Å²) in [7, 11) is 0. The molecule has 0 aliphatic rings. The van der Waals surface area contributed by atoms with E-state index in [0.717, 1.165) is 18.6 Å². The van der Waals surface area contributed by atoms with Crippen LogP contribution in [0.3, 0.4) is 0 Å². The summed E-state index contributed by atoms with van der Waals surface area (Å²) < 4.78 is 5.47. The normalized spacial score (nSPS) is 12.8. The van der Waals surface area contributed by atoms with E-state index in [0.29, 0.717) is 18.3 Å². The van der Waals surface area contributed by atoms with Gasteiger partial charge in [0.1, 0.15) is 18.1 Å². The van der Waals surface area contributed by atoms with Crippen molar-refractivity contribution in [1.29, 1.82) is 0 Å². The van der Waals surface area contributed by atoms with E-state index in [1.165, 1.54) is 4.88 Å². The van der Waals surface area contributed by atoms with E-state index in [9.17, 15) is 0 Å². The second kappa shape index (κ2) is 6.73. The molecule has 2 aromatic heterocycles. The molecule has 2 aromatic rings. The summed E-state index contributed by atoms with van der Waals surface area (Å²) in [5.74, 6) is 1.49. The molecular formula is C14H19NO2S. The maximum atomic E-state index is 8.95. The van der Waals surface area contributed by atoms with Gasteiger partial charge >= 0.3 is 0 Å². The minimum atomic E-state index is -0.0384. The van der Waals surface area contributed by atoms with Gasteiger partial charge in [0.25, 0.3) is 0 Å². The van der Waals surface area contributed by atoms with Crippen LogP contribution >= 0.6 is 11.3 Å². The van der Waals surface area contributed by atoms with Crippen LogP contribution in [0.15, 0.2) is 34.1 Å². The average molecular weight is 265 g/mol. The van der Waals surface area contributed by atoms with Crippen LogP contribution in [0.1, 0.15) is 42.2 Å². The van der Waals surface area contributed by atoms with E-state index < -0.39 is 0 Å². The third-order valence-electron chi connectivity index (χ3n) is 2.86. The van der Waals surface area contributed by atoms with E-state index in [1.54, 1.807) is 11.3 Å². The average Bonchev–Trinajstić information content (AvgIpc) is 3.05. The first-order chi connectivity index (χ1) is 8.83. The topological polar surface area (TPSA) is 45.4 Å². The molecule has 2 heterocycles. The second-order valence-corrected chi connectivity index (χ2v) is 5.24. The number of rotatable bonds is 7. The van der Waals surface area contributed by atoms with Crippen molar-refractivity contribution in [3.8, 4) is 0 Å². The summed E-state index contributed by atoms with van der Waals surface area (Å²) in [5, 5.41) is 14.6. The SMILES string of the molecule is CCCC(NCc1ccc(CO)o1)c1cccs1. The Morgan fingerprint density at radius 3 is 2.78 bits per heavy atom. The number of hydrogen-bond acceptors (Lipinski definition) is 4. The maximum absolute atomic E-state index is 8.95. The summed E-state index contributed by atoms with van der Waals surface area (Å²) >= 11 is 1.78. The number of nitrogens with one attached hydrogen (secondary N) is 1. The van der Waals surface area contributed by atoms with E-state index >= 15 is 0 Å². The third-order valence-corrected chi connectivity index (χ3v) is 3.85. The number of hydrogen-bond donors (Lipinski definition) is 2. The molecule has 0 saturated heterocycles. The fourth-order valence-electron chi connectivity index (χ4n) is 1.95. The number of furan rings is 1. The lowest BCUT2D eigenvalue weighted by atomic mass is 10.1. The van der Waals surface area contributed by atoms with Crippen LogP contribution in [0.25, 0.3) is 0 Å². The van der Waals surface area contributed by atoms with Crippen molar-refractivity contribution in [3.63, 3.8) is 0 Å². The molecule has 0 bridgehead atoms. The molecule has 18 heavy (non-hydrogen) atoms. The highest BCUT2D eigenvalue weighted by Gasteiger charge is 2.11. The molecule has 2 N–H and O–H groups in total. The molecule has 0 fully saturated rings. The van der Waals surface area contributed by atoms with Crippen LogP contribution in [-0.2, 0) is 13.2 Å². The van der Waals surface area contributed by atoms with Gasteiger partial charge < -0.3 is 14.8 Å². The molecule has 0 amide bonds. The van der Waals surface area contributed by atoms with E-state index in [4.69, 9.17) is 9.52 Å². The molecule has 0 radical (unpaired) electrons. The molecule has 98 valence electrons. The molecule has 4 heteroatoms. The fraction of sp³-hybridized carbons (Fsp3) is 0.429. The van der Waals surface area contributed by atoms with Crippen molar-refractivity contribution in [2.75, 3.05) is 0 Å². The lowest BCUT2D eigenvalue weighted by molar-refractivity contribution is 0.242. The summed E-state index contributed by atoms with van der Waals surface area (Å²) in [6.45, 7) is 2.85. The summed E-state index contributed by atoms with van der Waals surface area (Å²) in [5.41, 5.74) is 0.